The van der Waals surface area contributed by atoms with Crippen LogP contribution in [0.25, 0.3) is 0 Å². The summed E-state index contributed by atoms with van der Waals surface area (Å²) < 4.78 is 10.5. The molecule has 18 heavy (non-hydrogen) atoms. The molecular formula is C11H18N2O5. The fraction of sp³-hybridized carbons (Fsp3) is 0.818. The summed E-state index contributed by atoms with van der Waals surface area (Å²) in [4.78, 5) is 26.0. The Bertz CT molecular complexity index is 335. The van der Waals surface area contributed by atoms with Gasteiger partial charge >= 0.3 is 5.97 Å². The fourth-order valence-electron chi connectivity index (χ4n) is 2.54. The Balaban J connectivity index is 1.98. The van der Waals surface area contributed by atoms with Gasteiger partial charge in [-0.15, -0.1) is 0 Å². The van der Waals surface area contributed by atoms with E-state index in [9.17, 15) is 9.59 Å². The van der Waals surface area contributed by atoms with E-state index in [1.165, 1.54) is 0 Å². The van der Waals surface area contributed by atoms with Crippen LogP contribution in [0.3, 0.4) is 0 Å². The number of nitrogens with zero attached hydrogens (tertiary/aromatic N) is 2. The van der Waals surface area contributed by atoms with E-state index in [0.29, 0.717) is 26.2 Å². The molecule has 2 saturated heterocycles. The first-order chi connectivity index (χ1) is 8.61. The summed E-state index contributed by atoms with van der Waals surface area (Å²) in [6.45, 7) is 2.18. The SMILES string of the molecule is COCCN1C(=O)CO[C@H]2CN(CC(=O)O)C[C@@H]21. The van der Waals surface area contributed by atoms with Gasteiger partial charge in [-0.2, -0.15) is 0 Å². The van der Waals surface area contributed by atoms with Crippen molar-refractivity contribution >= 4 is 11.9 Å². The van der Waals surface area contributed by atoms with Gasteiger partial charge in [0, 0.05) is 26.7 Å². The lowest BCUT2D eigenvalue weighted by atomic mass is 10.1. The highest BCUT2D eigenvalue weighted by molar-refractivity contribution is 5.78. The zero-order chi connectivity index (χ0) is 13.1. The van der Waals surface area contributed by atoms with Crippen molar-refractivity contribution in [2.45, 2.75) is 12.1 Å². The van der Waals surface area contributed by atoms with E-state index in [4.69, 9.17) is 14.6 Å². The fourth-order valence-corrected chi connectivity index (χ4v) is 2.54. The summed E-state index contributed by atoms with van der Waals surface area (Å²) in [6, 6.07) is -0.0549. The number of amides is 1. The first kappa shape index (κ1) is 13.3. The molecule has 0 radical (unpaired) electrons. The Morgan fingerprint density at radius 3 is 3.00 bits per heavy atom. The van der Waals surface area contributed by atoms with E-state index in [-0.39, 0.29) is 31.2 Å². The molecule has 2 aliphatic heterocycles. The third-order valence-electron chi connectivity index (χ3n) is 3.35. The van der Waals surface area contributed by atoms with Crippen molar-refractivity contribution < 1.29 is 24.2 Å². The van der Waals surface area contributed by atoms with Gasteiger partial charge in [0.05, 0.1) is 25.3 Å². The van der Waals surface area contributed by atoms with Crippen LogP contribution in [0.1, 0.15) is 0 Å². The minimum absolute atomic E-state index is 0.0112. The quantitative estimate of drug-likeness (QED) is 0.655. The van der Waals surface area contributed by atoms with Crippen LogP contribution >= 0.6 is 0 Å². The van der Waals surface area contributed by atoms with Crippen molar-refractivity contribution in [3.05, 3.63) is 0 Å². The van der Waals surface area contributed by atoms with E-state index in [1.807, 2.05) is 0 Å². The van der Waals surface area contributed by atoms with Crippen molar-refractivity contribution in [2.24, 2.45) is 0 Å². The number of likely N-dealkylation sites (tertiary alicyclic amines) is 1. The number of fused-ring (bicyclic) bond motifs is 1. The molecule has 2 atom stereocenters. The third-order valence-corrected chi connectivity index (χ3v) is 3.35. The van der Waals surface area contributed by atoms with Crippen molar-refractivity contribution in [3.8, 4) is 0 Å². The molecule has 7 heteroatoms. The number of methoxy groups -OCH3 is 1. The second-order valence-electron chi connectivity index (χ2n) is 4.58. The molecule has 0 aromatic rings. The zero-order valence-electron chi connectivity index (χ0n) is 10.4. The van der Waals surface area contributed by atoms with E-state index in [2.05, 4.69) is 0 Å². The van der Waals surface area contributed by atoms with Gasteiger partial charge in [0.25, 0.3) is 0 Å². The number of morpholine rings is 1. The van der Waals surface area contributed by atoms with Gasteiger partial charge in [-0.3, -0.25) is 14.5 Å². The topological polar surface area (TPSA) is 79.3 Å². The van der Waals surface area contributed by atoms with Gasteiger partial charge in [-0.25, -0.2) is 0 Å². The Morgan fingerprint density at radius 1 is 1.56 bits per heavy atom. The van der Waals surface area contributed by atoms with Crippen LogP contribution in [-0.4, -0.2) is 85.4 Å². The maximum Gasteiger partial charge on any atom is 0.317 e. The number of aliphatic carboxylic acids is 1. The molecule has 0 aromatic heterocycles. The summed E-state index contributed by atoms with van der Waals surface area (Å²) in [7, 11) is 1.59. The summed E-state index contributed by atoms with van der Waals surface area (Å²) in [6.07, 6.45) is -0.0843. The van der Waals surface area contributed by atoms with Crippen LogP contribution in [0.5, 0.6) is 0 Å². The van der Waals surface area contributed by atoms with Gasteiger partial charge in [0.2, 0.25) is 5.91 Å². The molecule has 0 aliphatic carbocycles. The van der Waals surface area contributed by atoms with Crippen LogP contribution in [0.2, 0.25) is 0 Å². The number of rotatable bonds is 5. The van der Waals surface area contributed by atoms with Gasteiger partial charge < -0.3 is 19.5 Å². The maximum absolute atomic E-state index is 11.8. The standard InChI is InChI=1S/C11H18N2O5/c1-17-3-2-13-8-4-12(6-11(15)16)5-9(8)18-7-10(13)14/h8-9H,2-7H2,1H3,(H,15,16)/t8-,9-/m0/s1. The average molecular weight is 258 g/mol. The molecule has 0 unspecified atom stereocenters. The average Bonchev–Trinajstić information content (AvgIpc) is 2.69. The number of hydrogen-bond acceptors (Lipinski definition) is 5. The molecule has 1 N–H and O–H groups in total. The van der Waals surface area contributed by atoms with E-state index in [0.717, 1.165) is 0 Å². The first-order valence-corrected chi connectivity index (χ1v) is 5.96. The molecule has 0 aromatic carbocycles. The second kappa shape index (κ2) is 5.64. The molecule has 2 aliphatic rings. The summed E-state index contributed by atoms with van der Waals surface area (Å²) in [5.41, 5.74) is 0. The molecule has 2 rings (SSSR count). The first-order valence-electron chi connectivity index (χ1n) is 5.96. The van der Waals surface area contributed by atoms with E-state index in [1.54, 1.807) is 16.9 Å². The van der Waals surface area contributed by atoms with Crippen molar-refractivity contribution in [2.75, 3.05) is 46.5 Å². The molecule has 7 nitrogen and oxygen atoms in total. The highest BCUT2D eigenvalue weighted by Gasteiger charge is 2.43. The molecule has 2 fully saturated rings. The number of carbonyl (C=O) groups excluding carboxylic acids is 1. The lowest BCUT2D eigenvalue weighted by molar-refractivity contribution is -0.153. The molecular weight excluding hydrogens is 240 g/mol. The van der Waals surface area contributed by atoms with Crippen LogP contribution in [-0.2, 0) is 19.1 Å². The third kappa shape index (κ3) is 2.80. The Hall–Kier alpha value is -1.18. The number of carboxylic acid groups (broad SMARTS) is 1. The van der Waals surface area contributed by atoms with Crippen molar-refractivity contribution in [3.63, 3.8) is 0 Å². The summed E-state index contributed by atoms with van der Waals surface area (Å²) in [5.74, 6) is -0.908. The smallest absolute Gasteiger partial charge is 0.317 e. The van der Waals surface area contributed by atoms with Crippen molar-refractivity contribution in [1.29, 1.82) is 0 Å². The molecule has 0 spiro atoms. The van der Waals surface area contributed by atoms with Gasteiger partial charge in [-0.1, -0.05) is 0 Å². The zero-order valence-corrected chi connectivity index (χ0v) is 10.4. The Labute approximate surface area is 105 Å². The second-order valence-corrected chi connectivity index (χ2v) is 4.58. The molecule has 1 amide bonds. The van der Waals surface area contributed by atoms with E-state index < -0.39 is 5.97 Å². The number of ether oxygens (including phenoxy) is 2. The molecule has 102 valence electrons. The Morgan fingerprint density at radius 2 is 2.33 bits per heavy atom. The summed E-state index contributed by atoms with van der Waals surface area (Å²) in [5, 5.41) is 8.78. The molecule has 0 saturated carbocycles. The molecule has 0 bridgehead atoms. The number of carboxylic acids is 1. The predicted octanol–water partition coefficient (Wildman–Crippen LogP) is -1.37. The van der Waals surface area contributed by atoms with Crippen LogP contribution in [0.15, 0.2) is 0 Å². The minimum Gasteiger partial charge on any atom is -0.480 e. The minimum atomic E-state index is -0.858. The molecule has 2 heterocycles. The lowest BCUT2D eigenvalue weighted by Crippen LogP contribution is -2.54. The highest BCUT2D eigenvalue weighted by Crippen LogP contribution is 2.23. The number of carbonyl (C=O) groups is 2. The predicted molar refractivity (Wildman–Crippen MR) is 61.2 cm³/mol. The Kier molecular flexibility index (Phi) is 4.15. The largest absolute Gasteiger partial charge is 0.480 e. The van der Waals surface area contributed by atoms with Gasteiger partial charge in [0.1, 0.15) is 6.61 Å². The number of hydrogen-bond donors (Lipinski definition) is 1. The normalized spacial score (nSPS) is 28.5. The van der Waals surface area contributed by atoms with Gasteiger partial charge in [0.15, 0.2) is 0 Å². The van der Waals surface area contributed by atoms with Crippen LogP contribution < -0.4 is 0 Å². The van der Waals surface area contributed by atoms with E-state index >= 15 is 0 Å². The van der Waals surface area contributed by atoms with Crippen LogP contribution in [0.4, 0.5) is 0 Å². The van der Waals surface area contributed by atoms with Crippen LogP contribution in [0, 0.1) is 0 Å². The summed E-state index contributed by atoms with van der Waals surface area (Å²) >= 11 is 0. The monoisotopic (exact) mass is 258 g/mol. The van der Waals surface area contributed by atoms with Crippen molar-refractivity contribution in [1.82, 2.24) is 9.80 Å². The maximum atomic E-state index is 11.8. The highest BCUT2D eigenvalue weighted by atomic mass is 16.5. The van der Waals surface area contributed by atoms with Gasteiger partial charge in [-0.05, 0) is 0 Å². The lowest BCUT2D eigenvalue weighted by Gasteiger charge is -2.36.